The van der Waals surface area contributed by atoms with Gasteiger partial charge in [-0.3, -0.25) is 10.00 Å². The Hall–Kier alpha value is -1.63. The summed E-state index contributed by atoms with van der Waals surface area (Å²) in [7, 11) is 4.18. The first-order valence-electron chi connectivity index (χ1n) is 7.27. The van der Waals surface area contributed by atoms with Crippen LogP contribution in [0.25, 0.3) is 11.5 Å². The lowest BCUT2D eigenvalue weighted by molar-refractivity contribution is 0.146. The van der Waals surface area contributed by atoms with Crippen molar-refractivity contribution in [3.63, 3.8) is 0 Å². The molecule has 1 aliphatic rings. The Bertz CT molecular complexity index is 564. The molecular weight excluding hydrogens is 268 g/mol. The topological polar surface area (TPSA) is 68.5 Å². The van der Waals surface area contributed by atoms with Crippen LogP contribution < -0.4 is 0 Å². The molecule has 114 valence electrons. The zero-order valence-electron chi connectivity index (χ0n) is 12.5. The molecule has 0 bridgehead atoms. The van der Waals surface area contributed by atoms with E-state index in [0.717, 1.165) is 36.7 Å². The summed E-state index contributed by atoms with van der Waals surface area (Å²) in [5.74, 6) is 1.71. The van der Waals surface area contributed by atoms with Crippen molar-refractivity contribution in [1.29, 1.82) is 0 Å². The van der Waals surface area contributed by atoms with Crippen LogP contribution in [0.5, 0.6) is 0 Å². The van der Waals surface area contributed by atoms with E-state index < -0.39 is 0 Å². The largest absolute Gasteiger partial charge is 0.458 e. The third-order valence-corrected chi connectivity index (χ3v) is 4.23. The molecule has 0 amide bonds. The first-order valence-corrected chi connectivity index (χ1v) is 7.27. The summed E-state index contributed by atoms with van der Waals surface area (Å²) in [6.45, 7) is 1.88. The van der Waals surface area contributed by atoms with Gasteiger partial charge in [-0.15, -0.1) is 0 Å². The summed E-state index contributed by atoms with van der Waals surface area (Å²) in [6, 6.07) is 6.53. The Morgan fingerprint density at radius 2 is 2.29 bits per heavy atom. The molecule has 1 fully saturated rings. The zero-order valence-corrected chi connectivity index (χ0v) is 12.5. The number of aromatic nitrogens is 2. The van der Waals surface area contributed by atoms with E-state index in [1.54, 1.807) is 6.20 Å². The fourth-order valence-corrected chi connectivity index (χ4v) is 2.92. The summed E-state index contributed by atoms with van der Waals surface area (Å²) in [5.41, 5.74) is 0.882. The van der Waals surface area contributed by atoms with Crippen LogP contribution in [-0.2, 0) is 6.54 Å². The van der Waals surface area contributed by atoms with Crippen molar-refractivity contribution in [2.45, 2.75) is 25.0 Å². The number of aliphatic hydroxyl groups is 1. The number of likely N-dealkylation sites (N-methyl/N-ethyl adjacent to an activating group) is 1. The highest BCUT2D eigenvalue weighted by Gasteiger charge is 2.33. The maximum Gasteiger partial charge on any atom is 0.152 e. The first kappa shape index (κ1) is 14.3. The van der Waals surface area contributed by atoms with Gasteiger partial charge in [0.1, 0.15) is 11.5 Å². The number of likely N-dealkylation sites (tertiary alicyclic amines) is 1. The van der Waals surface area contributed by atoms with E-state index in [2.05, 4.69) is 34.1 Å². The highest BCUT2D eigenvalue weighted by Crippen LogP contribution is 2.25. The maximum atomic E-state index is 9.57. The number of hydrogen-bond donors (Lipinski definition) is 2. The van der Waals surface area contributed by atoms with E-state index in [9.17, 15) is 5.11 Å². The molecule has 0 aliphatic carbocycles. The van der Waals surface area contributed by atoms with Crippen LogP contribution in [0.4, 0.5) is 0 Å². The van der Waals surface area contributed by atoms with Gasteiger partial charge in [-0.2, -0.15) is 5.10 Å². The van der Waals surface area contributed by atoms with E-state index >= 15 is 0 Å². The second-order valence-electron chi connectivity index (χ2n) is 5.86. The smallest absolute Gasteiger partial charge is 0.152 e. The van der Waals surface area contributed by atoms with Crippen LogP contribution in [0.2, 0.25) is 0 Å². The second kappa shape index (κ2) is 6.01. The lowest BCUT2D eigenvalue weighted by atomic mass is 10.1. The van der Waals surface area contributed by atoms with Crippen LogP contribution in [0.1, 0.15) is 12.2 Å². The van der Waals surface area contributed by atoms with Gasteiger partial charge in [0, 0.05) is 24.8 Å². The van der Waals surface area contributed by atoms with Crippen molar-refractivity contribution >= 4 is 0 Å². The fourth-order valence-electron chi connectivity index (χ4n) is 2.92. The predicted molar refractivity (Wildman–Crippen MR) is 79.7 cm³/mol. The molecule has 2 aromatic rings. The molecule has 6 nitrogen and oxygen atoms in total. The summed E-state index contributed by atoms with van der Waals surface area (Å²) >= 11 is 0. The Morgan fingerprint density at radius 1 is 1.43 bits per heavy atom. The number of aromatic amines is 1. The minimum atomic E-state index is 0.193. The van der Waals surface area contributed by atoms with Crippen molar-refractivity contribution in [3.05, 3.63) is 30.2 Å². The molecule has 1 saturated heterocycles. The van der Waals surface area contributed by atoms with Crippen LogP contribution in [0.15, 0.2) is 28.8 Å². The van der Waals surface area contributed by atoms with Crippen LogP contribution in [0.3, 0.4) is 0 Å². The lowest BCUT2D eigenvalue weighted by Gasteiger charge is -2.21. The van der Waals surface area contributed by atoms with E-state index in [4.69, 9.17) is 4.42 Å². The number of aliphatic hydroxyl groups excluding tert-OH is 1. The van der Waals surface area contributed by atoms with Gasteiger partial charge >= 0.3 is 0 Å². The van der Waals surface area contributed by atoms with Gasteiger partial charge in [0.15, 0.2) is 5.76 Å². The Morgan fingerprint density at radius 3 is 2.95 bits per heavy atom. The number of nitrogens with zero attached hydrogens (tertiary/aromatic N) is 3. The van der Waals surface area contributed by atoms with Crippen LogP contribution in [0, 0.1) is 0 Å². The number of H-pyrrole nitrogens is 1. The van der Waals surface area contributed by atoms with Gasteiger partial charge in [0.2, 0.25) is 0 Å². The molecule has 2 aromatic heterocycles. The first-order chi connectivity index (χ1) is 10.2. The molecule has 2 atom stereocenters. The monoisotopic (exact) mass is 290 g/mol. The molecule has 0 unspecified atom stereocenters. The molecule has 0 aromatic carbocycles. The highest BCUT2D eigenvalue weighted by molar-refractivity contribution is 5.51. The lowest BCUT2D eigenvalue weighted by Crippen LogP contribution is -2.33. The van der Waals surface area contributed by atoms with Gasteiger partial charge in [0.05, 0.1) is 13.2 Å². The quantitative estimate of drug-likeness (QED) is 0.865. The van der Waals surface area contributed by atoms with E-state index in [-0.39, 0.29) is 12.6 Å². The summed E-state index contributed by atoms with van der Waals surface area (Å²) in [6.07, 6.45) is 2.71. The average Bonchev–Trinajstić information content (AvgIpc) is 3.18. The number of nitrogens with one attached hydrogen (secondary N) is 1. The molecule has 3 heterocycles. The van der Waals surface area contributed by atoms with Crippen molar-refractivity contribution in [2.75, 3.05) is 27.2 Å². The average molecular weight is 290 g/mol. The molecule has 6 heteroatoms. The molecule has 1 aliphatic heterocycles. The summed E-state index contributed by atoms with van der Waals surface area (Å²) in [5, 5.41) is 16.4. The number of furan rings is 1. The van der Waals surface area contributed by atoms with Crippen LogP contribution in [-0.4, -0.2) is 64.4 Å². The predicted octanol–water partition coefficient (Wildman–Crippen LogP) is 1.17. The van der Waals surface area contributed by atoms with Crippen molar-refractivity contribution in [3.8, 4) is 11.5 Å². The summed E-state index contributed by atoms with van der Waals surface area (Å²) in [4.78, 5) is 4.51. The minimum absolute atomic E-state index is 0.193. The van der Waals surface area contributed by atoms with Crippen molar-refractivity contribution < 1.29 is 9.52 Å². The van der Waals surface area contributed by atoms with Crippen molar-refractivity contribution in [1.82, 2.24) is 20.0 Å². The zero-order chi connectivity index (χ0) is 14.8. The Kier molecular flexibility index (Phi) is 4.10. The maximum absolute atomic E-state index is 9.57. The van der Waals surface area contributed by atoms with E-state index in [1.807, 2.05) is 18.2 Å². The molecule has 0 radical (unpaired) electrons. The van der Waals surface area contributed by atoms with Crippen molar-refractivity contribution in [2.24, 2.45) is 0 Å². The molecule has 0 saturated carbocycles. The third-order valence-electron chi connectivity index (χ3n) is 4.23. The van der Waals surface area contributed by atoms with Gasteiger partial charge in [-0.1, -0.05) is 0 Å². The van der Waals surface area contributed by atoms with E-state index in [0.29, 0.717) is 6.04 Å². The van der Waals surface area contributed by atoms with Gasteiger partial charge in [-0.25, -0.2) is 0 Å². The third kappa shape index (κ3) is 3.02. The van der Waals surface area contributed by atoms with Gasteiger partial charge in [0.25, 0.3) is 0 Å². The molecule has 2 N–H and O–H groups in total. The minimum Gasteiger partial charge on any atom is -0.458 e. The van der Waals surface area contributed by atoms with Crippen LogP contribution >= 0.6 is 0 Å². The standard InChI is InChI=1S/C15H22N4O2/c1-18(2)11-7-12(10-20)19(8-11)9-13-3-4-15(21-13)14-5-6-16-17-14/h3-6,11-12,20H,7-10H2,1-2H3,(H,16,17)/t11-,12+/m1/s1. The van der Waals surface area contributed by atoms with E-state index in [1.165, 1.54) is 0 Å². The molecule has 3 rings (SSSR count). The van der Waals surface area contributed by atoms with Gasteiger partial charge < -0.3 is 14.4 Å². The molecule has 0 spiro atoms. The number of hydrogen-bond acceptors (Lipinski definition) is 5. The summed E-state index contributed by atoms with van der Waals surface area (Å²) < 4.78 is 5.87. The normalized spacial score (nSPS) is 23.2. The Balaban J connectivity index is 1.68. The SMILES string of the molecule is CN(C)[C@@H]1C[C@@H](CO)N(Cc2ccc(-c3ccn[nH]3)o2)C1. The highest BCUT2D eigenvalue weighted by atomic mass is 16.3. The fraction of sp³-hybridized carbons (Fsp3) is 0.533. The molecule has 21 heavy (non-hydrogen) atoms. The molecular formula is C15H22N4O2. The van der Waals surface area contributed by atoms with Gasteiger partial charge in [-0.05, 0) is 38.7 Å². The number of rotatable bonds is 5. The Labute approximate surface area is 124 Å². The second-order valence-corrected chi connectivity index (χ2v) is 5.86.